The van der Waals surface area contributed by atoms with Crippen molar-refractivity contribution in [2.75, 3.05) is 0 Å². The first-order chi connectivity index (χ1) is 9.70. The molecule has 1 heterocycles. The van der Waals surface area contributed by atoms with Gasteiger partial charge in [0, 0.05) is 10.4 Å². The van der Waals surface area contributed by atoms with E-state index in [1.165, 1.54) is 0 Å². The molecule has 20 heavy (non-hydrogen) atoms. The summed E-state index contributed by atoms with van der Waals surface area (Å²) in [6.07, 6.45) is 3.89. The van der Waals surface area contributed by atoms with E-state index < -0.39 is 0 Å². The zero-order chi connectivity index (χ0) is 13.9. The molecule has 3 rings (SSSR count). The van der Waals surface area contributed by atoms with Gasteiger partial charge in [-0.1, -0.05) is 41.9 Å². The fourth-order valence-corrected chi connectivity index (χ4v) is 2.13. The molecule has 0 fully saturated rings. The molecule has 1 N–H and O–H groups in total. The molecule has 0 aliphatic rings. The molecule has 0 saturated heterocycles. The summed E-state index contributed by atoms with van der Waals surface area (Å²) in [5, 5.41) is 11.0. The normalized spacial score (nSPS) is 11.2. The van der Waals surface area contributed by atoms with Gasteiger partial charge in [0.2, 0.25) is 0 Å². The molecule has 0 aliphatic carbocycles. The molecule has 0 radical (unpaired) electrons. The number of hydrogen-bond donors (Lipinski definition) is 1. The maximum atomic E-state index is 9.24. The molecular weight excluding hydrogens is 270 g/mol. The van der Waals surface area contributed by atoms with Crippen LogP contribution >= 0.6 is 11.6 Å². The largest absolute Gasteiger partial charge is 0.508 e. The van der Waals surface area contributed by atoms with E-state index >= 15 is 0 Å². The van der Waals surface area contributed by atoms with E-state index in [4.69, 9.17) is 11.6 Å². The van der Waals surface area contributed by atoms with Crippen molar-refractivity contribution >= 4 is 34.7 Å². The van der Waals surface area contributed by atoms with Gasteiger partial charge in [0.15, 0.2) is 0 Å². The first-order valence-electron chi connectivity index (χ1n) is 6.24. The third kappa shape index (κ3) is 2.81. The Morgan fingerprint density at radius 1 is 0.900 bits per heavy atom. The van der Waals surface area contributed by atoms with Crippen molar-refractivity contribution in [3.05, 3.63) is 70.9 Å². The average molecular weight is 282 g/mol. The highest BCUT2D eigenvalue weighted by molar-refractivity contribution is 6.31. The topological polar surface area (TPSA) is 33.1 Å². The highest BCUT2D eigenvalue weighted by Gasteiger charge is 1.97. The van der Waals surface area contributed by atoms with E-state index in [0.29, 0.717) is 5.02 Å². The average Bonchev–Trinajstić information content (AvgIpc) is 2.46. The highest BCUT2D eigenvalue weighted by atomic mass is 35.5. The molecule has 2 nitrogen and oxygen atoms in total. The van der Waals surface area contributed by atoms with Gasteiger partial charge in [0.1, 0.15) is 5.75 Å². The van der Waals surface area contributed by atoms with Gasteiger partial charge in [0.05, 0.1) is 11.2 Å². The van der Waals surface area contributed by atoms with Gasteiger partial charge < -0.3 is 5.11 Å². The van der Waals surface area contributed by atoms with Gasteiger partial charge in [-0.15, -0.1) is 0 Å². The lowest BCUT2D eigenvalue weighted by atomic mass is 10.1. The number of phenols is 1. The maximum absolute atomic E-state index is 9.24. The molecule has 1 aromatic heterocycles. The van der Waals surface area contributed by atoms with Crippen molar-refractivity contribution in [3.8, 4) is 5.75 Å². The van der Waals surface area contributed by atoms with Crippen LogP contribution < -0.4 is 0 Å². The summed E-state index contributed by atoms with van der Waals surface area (Å²) in [6.45, 7) is 0. The zero-order valence-electron chi connectivity index (χ0n) is 10.6. The van der Waals surface area contributed by atoms with Gasteiger partial charge in [-0.3, -0.25) is 0 Å². The Bertz CT molecular complexity index is 779. The van der Waals surface area contributed by atoms with Gasteiger partial charge in [-0.2, -0.15) is 0 Å². The molecule has 0 amide bonds. The van der Waals surface area contributed by atoms with E-state index in [-0.39, 0.29) is 5.75 Å². The third-order valence-electron chi connectivity index (χ3n) is 3.02. The van der Waals surface area contributed by atoms with Crippen LogP contribution in [-0.2, 0) is 0 Å². The first-order valence-corrected chi connectivity index (χ1v) is 6.62. The Labute approximate surface area is 122 Å². The molecule has 3 aromatic rings. The van der Waals surface area contributed by atoms with E-state index in [0.717, 1.165) is 22.2 Å². The van der Waals surface area contributed by atoms with Crippen LogP contribution in [0.15, 0.2) is 54.6 Å². The van der Waals surface area contributed by atoms with Gasteiger partial charge in [-0.05, 0) is 42.0 Å². The van der Waals surface area contributed by atoms with E-state index in [2.05, 4.69) is 4.98 Å². The molecule has 0 atom stereocenters. The Hall–Kier alpha value is -2.32. The van der Waals surface area contributed by atoms with Crippen LogP contribution in [0.25, 0.3) is 23.1 Å². The van der Waals surface area contributed by atoms with Crippen molar-refractivity contribution in [3.63, 3.8) is 0 Å². The first kappa shape index (κ1) is 12.7. The Morgan fingerprint density at radius 2 is 1.65 bits per heavy atom. The monoisotopic (exact) mass is 281 g/mol. The molecule has 0 unspecified atom stereocenters. The Balaban J connectivity index is 1.92. The maximum Gasteiger partial charge on any atom is 0.115 e. The van der Waals surface area contributed by atoms with Gasteiger partial charge in [0.25, 0.3) is 0 Å². The molecule has 2 aromatic carbocycles. The van der Waals surface area contributed by atoms with Crippen molar-refractivity contribution in [1.82, 2.24) is 4.98 Å². The summed E-state index contributed by atoms with van der Waals surface area (Å²) in [6, 6.07) is 16.7. The van der Waals surface area contributed by atoms with Gasteiger partial charge in [-0.25, -0.2) is 4.98 Å². The number of nitrogens with zero attached hydrogens (tertiary/aromatic N) is 1. The Kier molecular flexibility index (Phi) is 3.40. The van der Waals surface area contributed by atoms with Crippen LogP contribution in [0.5, 0.6) is 5.75 Å². The number of hydrogen-bond acceptors (Lipinski definition) is 2. The van der Waals surface area contributed by atoms with Crippen LogP contribution in [0.3, 0.4) is 0 Å². The summed E-state index contributed by atoms with van der Waals surface area (Å²) in [7, 11) is 0. The highest BCUT2D eigenvalue weighted by Crippen LogP contribution is 2.19. The van der Waals surface area contributed by atoms with Crippen LogP contribution in [0, 0.1) is 0 Å². The summed E-state index contributed by atoms with van der Waals surface area (Å²) >= 11 is 5.98. The van der Waals surface area contributed by atoms with Crippen LogP contribution in [0.4, 0.5) is 0 Å². The quantitative estimate of drug-likeness (QED) is 0.734. The number of benzene rings is 2. The summed E-state index contributed by atoms with van der Waals surface area (Å²) < 4.78 is 0. The molecule has 0 spiro atoms. The number of halogens is 1. The Morgan fingerprint density at radius 3 is 2.45 bits per heavy atom. The van der Waals surface area contributed by atoms with Crippen molar-refractivity contribution in [2.45, 2.75) is 0 Å². The fraction of sp³-hybridized carbons (Fsp3) is 0. The second kappa shape index (κ2) is 5.35. The minimum absolute atomic E-state index is 0.264. The second-order valence-electron chi connectivity index (χ2n) is 4.50. The minimum atomic E-state index is 0.264. The minimum Gasteiger partial charge on any atom is -0.508 e. The van der Waals surface area contributed by atoms with Crippen LogP contribution in [0.2, 0.25) is 5.02 Å². The molecule has 0 saturated carbocycles. The van der Waals surface area contributed by atoms with E-state index in [1.54, 1.807) is 12.1 Å². The fourth-order valence-electron chi connectivity index (χ4n) is 1.97. The van der Waals surface area contributed by atoms with Crippen LogP contribution in [0.1, 0.15) is 11.3 Å². The number of rotatable bonds is 2. The summed E-state index contributed by atoms with van der Waals surface area (Å²) in [4.78, 5) is 4.55. The molecule has 98 valence electrons. The van der Waals surface area contributed by atoms with Crippen LogP contribution in [-0.4, -0.2) is 10.1 Å². The van der Waals surface area contributed by atoms with Crippen molar-refractivity contribution in [1.29, 1.82) is 0 Å². The van der Waals surface area contributed by atoms with Crippen molar-refractivity contribution < 1.29 is 5.11 Å². The predicted octanol–water partition coefficient (Wildman–Crippen LogP) is 4.76. The number of phenolic OH excluding ortho intramolecular Hbond substituents is 1. The molecule has 3 heteroatoms. The van der Waals surface area contributed by atoms with Gasteiger partial charge >= 0.3 is 0 Å². The lowest BCUT2D eigenvalue weighted by Crippen LogP contribution is -1.83. The zero-order valence-corrected chi connectivity index (χ0v) is 11.4. The number of fused-ring (bicyclic) bond motifs is 1. The lowest BCUT2D eigenvalue weighted by Gasteiger charge is -2.00. The predicted molar refractivity (Wildman–Crippen MR) is 83.8 cm³/mol. The molecule has 0 bridgehead atoms. The molecule has 0 aliphatic heterocycles. The number of aromatic nitrogens is 1. The third-order valence-corrected chi connectivity index (χ3v) is 3.25. The summed E-state index contributed by atoms with van der Waals surface area (Å²) in [5.74, 6) is 0.264. The van der Waals surface area contributed by atoms with E-state index in [1.807, 2.05) is 54.6 Å². The smallest absolute Gasteiger partial charge is 0.115 e. The summed E-state index contributed by atoms with van der Waals surface area (Å²) in [5.41, 5.74) is 2.76. The number of pyridine rings is 1. The van der Waals surface area contributed by atoms with Crippen molar-refractivity contribution in [2.24, 2.45) is 0 Å². The second-order valence-corrected chi connectivity index (χ2v) is 4.93. The molecular formula is C17H12ClNO. The van der Waals surface area contributed by atoms with E-state index in [9.17, 15) is 5.11 Å². The standard InChI is InChI=1S/C17H12ClNO/c18-14-6-4-13-5-8-15(19-17(13)11-14)7-1-12-2-9-16(20)10-3-12/h1-11,20H/b7-1+. The number of aromatic hydroxyl groups is 1. The lowest BCUT2D eigenvalue weighted by molar-refractivity contribution is 0.475. The SMILES string of the molecule is Oc1ccc(/C=C/c2ccc3ccc(Cl)cc3n2)cc1.